The Morgan fingerprint density at radius 1 is 1.33 bits per heavy atom. The average molecular weight is 206 g/mol. The first-order valence-electron chi connectivity index (χ1n) is 4.58. The Morgan fingerprint density at radius 3 is 2.67 bits per heavy atom. The predicted octanol–water partition coefficient (Wildman–Crippen LogP) is 2.27. The molecule has 0 aromatic heterocycles. The number of hydrogen-bond acceptors (Lipinski definition) is 3. The molecule has 1 aromatic rings. The molecule has 0 fully saturated rings. The SMILES string of the molecule is COC(=O)/C(C)=C/c1cccc(OC)c1. The normalized spacial score (nSPS) is 11.0. The van der Waals surface area contributed by atoms with Crippen LogP contribution in [-0.2, 0) is 9.53 Å². The maximum Gasteiger partial charge on any atom is 0.333 e. The summed E-state index contributed by atoms with van der Waals surface area (Å²) < 4.78 is 9.68. The van der Waals surface area contributed by atoms with Crippen LogP contribution in [0.2, 0.25) is 0 Å². The number of esters is 1. The number of rotatable bonds is 3. The highest BCUT2D eigenvalue weighted by Crippen LogP contribution is 2.15. The second kappa shape index (κ2) is 5.20. The van der Waals surface area contributed by atoms with Gasteiger partial charge in [-0.05, 0) is 30.7 Å². The summed E-state index contributed by atoms with van der Waals surface area (Å²) in [6.45, 7) is 1.71. The van der Waals surface area contributed by atoms with Crippen molar-refractivity contribution in [3.8, 4) is 5.75 Å². The van der Waals surface area contributed by atoms with E-state index in [9.17, 15) is 4.79 Å². The molecule has 0 unspecified atom stereocenters. The lowest BCUT2D eigenvalue weighted by molar-refractivity contribution is -0.135. The van der Waals surface area contributed by atoms with Crippen LogP contribution in [0.5, 0.6) is 5.75 Å². The van der Waals surface area contributed by atoms with Crippen LogP contribution < -0.4 is 4.74 Å². The minimum atomic E-state index is -0.321. The molecular formula is C12H14O3. The number of methoxy groups -OCH3 is 2. The molecule has 0 radical (unpaired) electrons. The summed E-state index contributed by atoms with van der Waals surface area (Å²) in [5.74, 6) is 0.444. The standard InChI is InChI=1S/C12H14O3/c1-9(12(13)15-3)7-10-5-4-6-11(8-10)14-2/h4-8H,1-3H3/b9-7+. The van der Waals surface area contributed by atoms with Gasteiger partial charge in [-0.25, -0.2) is 4.79 Å². The fourth-order valence-corrected chi connectivity index (χ4v) is 1.20. The van der Waals surface area contributed by atoms with E-state index in [1.165, 1.54) is 7.11 Å². The van der Waals surface area contributed by atoms with Crippen molar-refractivity contribution in [2.24, 2.45) is 0 Å². The van der Waals surface area contributed by atoms with Gasteiger partial charge in [-0.3, -0.25) is 0 Å². The highest BCUT2D eigenvalue weighted by atomic mass is 16.5. The number of carbonyl (C=O) groups excluding carboxylic acids is 1. The molecule has 0 heterocycles. The van der Waals surface area contributed by atoms with Crippen LogP contribution in [0.3, 0.4) is 0 Å². The van der Waals surface area contributed by atoms with Gasteiger partial charge in [-0.2, -0.15) is 0 Å². The molecule has 0 N–H and O–H groups in total. The zero-order valence-electron chi connectivity index (χ0n) is 9.11. The lowest BCUT2D eigenvalue weighted by Gasteiger charge is -2.02. The van der Waals surface area contributed by atoms with Crippen molar-refractivity contribution in [1.82, 2.24) is 0 Å². The minimum absolute atomic E-state index is 0.321. The zero-order chi connectivity index (χ0) is 11.3. The molecule has 1 aromatic carbocycles. The Hall–Kier alpha value is -1.77. The maximum atomic E-state index is 11.1. The van der Waals surface area contributed by atoms with Gasteiger partial charge in [0.1, 0.15) is 5.75 Å². The van der Waals surface area contributed by atoms with Gasteiger partial charge in [0.2, 0.25) is 0 Å². The van der Waals surface area contributed by atoms with Crippen LogP contribution in [0.25, 0.3) is 6.08 Å². The summed E-state index contributed by atoms with van der Waals surface area (Å²) in [5, 5.41) is 0. The van der Waals surface area contributed by atoms with Gasteiger partial charge in [0.05, 0.1) is 14.2 Å². The van der Waals surface area contributed by atoms with Crippen molar-refractivity contribution in [3.05, 3.63) is 35.4 Å². The Balaban J connectivity index is 2.92. The van der Waals surface area contributed by atoms with Crippen LogP contribution in [-0.4, -0.2) is 20.2 Å². The highest BCUT2D eigenvalue weighted by Gasteiger charge is 2.02. The molecule has 0 saturated carbocycles. The van der Waals surface area contributed by atoms with E-state index >= 15 is 0 Å². The van der Waals surface area contributed by atoms with Gasteiger partial charge in [0.15, 0.2) is 0 Å². The molecule has 1 rings (SSSR count). The highest BCUT2D eigenvalue weighted by molar-refractivity contribution is 5.92. The van der Waals surface area contributed by atoms with Gasteiger partial charge >= 0.3 is 5.97 Å². The van der Waals surface area contributed by atoms with Gasteiger partial charge in [0.25, 0.3) is 0 Å². The minimum Gasteiger partial charge on any atom is -0.497 e. The quantitative estimate of drug-likeness (QED) is 0.562. The molecule has 0 aliphatic rings. The van der Waals surface area contributed by atoms with Crippen LogP contribution in [0.15, 0.2) is 29.8 Å². The molecule has 0 aliphatic carbocycles. The van der Waals surface area contributed by atoms with Crippen LogP contribution in [0.4, 0.5) is 0 Å². The molecule has 80 valence electrons. The molecule has 0 atom stereocenters. The molecule has 0 bridgehead atoms. The van der Waals surface area contributed by atoms with E-state index < -0.39 is 0 Å². The van der Waals surface area contributed by atoms with Crippen molar-refractivity contribution in [2.45, 2.75) is 6.92 Å². The molecule has 3 heteroatoms. The smallest absolute Gasteiger partial charge is 0.333 e. The predicted molar refractivity (Wildman–Crippen MR) is 58.7 cm³/mol. The largest absolute Gasteiger partial charge is 0.497 e. The van der Waals surface area contributed by atoms with E-state index in [0.29, 0.717) is 5.57 Å². The summed E-state index contributed by atoms with van der Waals surface area (Å²) in [6.07, 6.45) is 1.76. The van der Waals surface area contributed by atoms with Crippen molar-refractivity contribution in [2.75, 3.05) is 14.2 Å². The Kier molecular flexibility index (Phi) is 3.92. The molecule has 0 saturated heterocycles. The van der Waals surface area contributed by atoms with Crippen molar-refractivity contribution in [1.29, 1.82) is 0 Å². The first-order valence-corrected chi connectivity index (χ1v) is 4.58. The monoisotopic (exact) mass is 206 g/mol. The lowest BCUT2D eigenvalue weighted by Crippen LogP contribution is -2.00. The van der Waals surface area contributed by atoms with Gasteiger partial charge in [-0.15, -0.1) is 0 Å². The fraction of sp³-hybridized carbons (Fsp3) is 0.250. The molecule has 0 spiro atoms. The van der Waals surface area contributed by atoms with Crippen LogP contribution in [0, 0.1) is 0 Å². The topological polar surface area (TPSA) is 35.5 Å². The number of hydrogen-bond donors (Lipinski definition) is 0. The summed E-state index contributed by atoms with van der Waals surface area (Å²) >= 11 is 0. The lowest BCUT2D eigenvalue weighted by atomic mass is 10.1. The maximum absolute atomic E-state index is 11.1. The second-order valence-corrected chi connectivity index (χ2v) is 3.10. The number of ether oxygens (including phenoxy) is 2. The van der Waals surface area contributed by atoms with Gasteiger partial charge < -0.3 is 9.47 Å². The van der Waals surface area contributed by atoms with Crippen molar-refractivity contribution < 1.29 is 14.3 Å². The molecule has 15 heavy (non-hydrogen) atoms. The molecular weight excluding hydrogens is 192 g/mol. The first-order chi connectivity index (χ1) is 7.17. The van der Waals surface area contributed by atoms with Crippen LogP contribution in [0.1, 0.15) is 12.5 Å². The first kappa shape index (κ1) is 11.3. The third kappa shape index (κ3) is 3.13. The Morgan fingerprint density at radius 2 is 2.07 bits per heavy atom. The fourth-order valence-electron chi connectivity index (χ4n) is 1.20. The molecule has 0 aliphatic heterocycles. The third-order valence-corrected chi connectivity index (χ3v) is 1.98. The molecule has 0 amide bonds. The average Bonchev–Trinajstić information content (AvgIpc) is 2.28. The Labute approximate surface area is 89.3 Å². The summed E-state index contributed by atoms with van der Waals surface area (Å²) in [4.78, 5) is 11.1. The van der Waals surface area contributed by atoms with E-state index in [0.717, 1.165) is 11.3 Å². The van der Waals surface area contributed by atoms with E-state index in [2.05, 4.69) is 4.74 Å². The zero-order valence-corrected chi connectivity index (χ0v) is 9.11. The van der Waals surface area contributed by atoms with Crippen molar-refractivity contribution >= 4 is 12.0 Å². The van der Waals surface area contributed by atoms with E-state index in [1.54, 1.807) is 20.1 Å². The Bertz CT molecular complexity index is 380. The number of benzene rings is 1. The summed E-state index contributed by atoms with van der Waals surface area (Å²) in [6, 6.07) is 7.47. The number of carbonyl (C=O) groups is 1. The van der Waals surface area contributed by atoms with E-state index in [4.69, 9.17) is 4.74 Å². The summed E-state index contributed by atoms with van der Waals surface area (Å²) in [7, 11) is 2.97. The second-order valence-electron chi connectivity index (χ2n) is 3.10. The summed E-state index contributed by atoms with van der Waals surface area (Å²) in [5.41, 5.74) is 1.48. The van der Waals surface area contributed by atoms with Gasteiger partial charge in [0, 0.05) is 5.57 Å². The van der Waals surface area contributed by atoms with E-state index in [-0.39, 0.29) is 5.97 Å². The van der Waals surface area contributed by atoms with Crippen LogP contribution >= 0.6 is 0 Å². The van der Waals surface area contributed by atoms with Gasteiger partial charge in [-0.1, -0.05) is 12.1 Å². The third-order valence-electron chi connectivity index (χ3n) is 1.98. The van der Waals surface area contributed by atoms with Crippen molar-refractivity contribution in [3.63, 3.8) is 0 Å². The molecule has 3 nitrogen and oxygen atoms in total. The van der Waals surface area contributed by atoms with E-state index in [1.807, 2.05) is 24.3 Å².